The topological polar surface area (TPSA) is 35.2 Å². The first kappa shape index (κ1) is 11.1. The first-order chi connectivity index (χ1) is 6.77. The summed E-state index contributed by atoms with van der Waals surface area (Å²) in [7, 11) is 1.64. The van der Waals surface area contributed by atoms with Gasteiger partial charge in [0, 0.05) is 5.02 Å². The largest absolute Gasteiger partial charge is 0.497 e. The zero-order chi connectivity index (χ0) is 10.4. The molecule has 3 heteroatoms. The molecule has 0 aliphatic heterocycles. The van der Waals surface area contributed by atoms with Crippen LogP contribution in [0, 0.1) is 0 Å². The molecule has 0 aromatic heterocycles. The summed E-state index contributed by atoms with van der Waals surface area (Å²) in [5.74, 6) is 0.807. The van der Waals surface area contributed by atoms with Gasteiger partial charge in [0.2, 0.25) is 0 Å². The Morgan fingerprint density at radius 3 is 2.93 bits per heavy atom. The van der Waals surface area contributed by atoms with Gasteiger partial charge >= 0.3 is 0 Å². The molecule has 0 fully saturated rings. The summed E-state index contributed by atoms with van der Waals surface area (Å²) in [6.07, 6.45) is 4.81. The zero-order valence-corrected chi connectivity index (χ0v) is 8.92. The number of ether oxygens (including phenoxy) is 1. The molecule has 0 atom stereocenters. The van der Waals surface area contributed by atoms with E-state index in [0.717, 1.165) is 22.8 Å². The smallest absolute Gasteiger partial charge is 0.119 e. The molecule has 0 aliphatic rings. The first-order valence-electron chi connectivity index (χ1n) is 4.48. The van der Waals surface area contributed by atoms with Crippen LogP contribution in [0.1, 0.15) is 12.0 Å². The minimum Gasteiger partial charge on any atom is -0.497 e. The van der Waals surface area contributed by atoms with E-state index in [1.54, 1.807) is 7.11 Å². The number of hydrogen-bond acceptors (Lipinski definition) is 2. The van der Waals surface area contributed by atoms with Gasteiger partial charge in [-0.1, -0.05) is 23.8 Å². The fourth-order valence-corrected chi connectivity index (χ4v) is 1.26. The van der Waals surface area contributed by atoms with Crippen molar-refractivity contribution in [3.63, 3.8) is 0 Å². The van der Waals surface area contributed by atoms with Crippen molar-refractivity contribution in [2.45, 2.75) is 6.42 Å². The third kappa shape index (κ3) is 3.05. The normalized spacial score (nSPS) is 10.8. The van der Waals surface area contributed by atoms with Crippen molar-refractivity contribution in [2.24, 2.45) is 5.73 Å². The Hall–Kier alpha value is -0.990. The lowest BCUT2D eigenvalue weighted by molar-refractivity contribution is 0.414. The van der Waals surface area contributed by atoms with Crippen molar-refractivity contribution < 1.29 is 4.74 Å². The average Bonchev–Trinajstić information content (AvgIpc) is 2.21. The minimum absolute atomic E-state index is 0.651. The molecule has 0 spiro atoms. The SMILES string of the molecule is COc1ccc(Cl)c(C=CCCN)c1. The zero-order valence-electron chi connectivity index (χ0n) is 8.16. The van der Waals surface area contributed by atoms with Crippen LogP contribution in [0.15, 0.2) is 24.3 Å². The van der Waals surface area contributed by atoms with Gasteiger partial charge in [0.15, 0.2) is 0 Å². The molecule has 1 aromatic rings. The third-order valence-corrected chi connectivity index (χ3v) is 2.18. The van der Waals surface area contributed by atoms with Crippen LogP contribution in [-0.2, 0) is 0 Å². The van der Waals surface area contributed by atoms with Gasteiger partial charge in [-0.05, 0) is 36.7 Å². The quantitative estimate of drug-likeness (QED) is 0.831. The highest BCUT2D eigenvalue weighted by molar-refractivity contribution is 6.32. The standard InChI is InChI=1S/C11H14ClNO/c1-14-10-5-6-11(12)9(8-10)4-2-3-7-13/h2,4-6,8H,3,7,13H2,1H3. The summed E-state index contributed by atoms with van der Waals surface area (Å²) in [5.41, 5.74) is 6.34. The molecular formula is C11H14ClNO. The summed E-state index contributed by atoms with van der Waals surface area (Å²) in [4.78, 5) is 0. The predicted octanol–water partition coefficient (Wildman–Crippen LogP) is 2.71. The Bertz CT molecular complexity index is 323. The Morgan fingerprint density at radius 2 is 2.29 bits per heavy atom. The lowest BCUT2D eigenvalue weighted by Gasteiger charge is -2.02. The molecule has 0 heterocycles. The third-order valence-electron chi connectivity index (χ3n) is 1.83. The fraction of sp³-hybridized carbons (Fsp3) is 0.273. The highest BCUT2D eigenvalue weighted by atomic mass is 35.5. The van der Waals surface area contributed by atoms with Gasteiger partial charge in [0.1, 0.15) is 5.75 Å². The predicted molar refractivity (Wildman–Crippen MR) is 60.7 cm³/mol. The minimum atomic E-state index is 0.651. The van der Waals surface area contributed by atoms with Crippen molar-refractivity contribution in [3.8, 4) is 5.75 Å². The number of nitrogens with two attached hydrogens (primary N) is 1. The Labute approximate surface area is 89.3 Å². The van der Waals surface area contributed by atoms with Gasteiger partial charge in [-0.2, -0.15) is 0 Å². The fourth-order valence-electron chi connectivity index (χ4n) is 1.08. The molecule has 0 radical (unpaired) electrons. The Balaban J connectivity index is 2.83. The summed E-state index contributed by atoms with van der Waals surface area (Å²) < 4.78 is 5.10. The van der Waals surface area contributed by atoms with Crippen molar-refractivity contribution in [1.82, 2.24) is 0 Å². The molecule has 0 saturated heterocycles. The van der Waals surface area contributed by atoms with Crippen molar-refractivity contribution in [3.05, 3.63) is 34.9 Å². The number of halogens is 1. The Morgan fingerprint density at radius 1 is 1.50 bits per heavy atom. The van der Waals surface area contributed by atoms with Crippen LogP contribution in [0.5, 0.6) is 5.75 Å². The molecule has 0 amide bonds. The number of hydrogen-bond donors (Lipinski definition) is 1. The van der Waals surface area contributed by atoms with Crippen LogP contribution in [0.25, 0.3) is 6.08 Å². The van der Waals surface area contributed by atoms with E-state index < -0.39 is 0 Å². The molecule has 0 unspecified atom stereocenters. The first-order valence-corrected chi connectivity index (χ1v) is 4.86. The van der Waals surface area contributed by atoms with E-state index in [-0.39, 0.29) is 0 Å². The molecule has 14 heavy (non-hydrogen) atoms. The van der Waals surface area contributed by atoms with E-state index in [1.165, 1.54) is 0 Å². The summed E-state index contributed by atoms with van der Waals surface area (Å²) >= 11 is 5.99. The monoisotopic (exact) mass is 211 g/mol. The van der Waals surface area contributed by atoms with Crippen LogP contribution in [0.3, 0.4) is 0 Å². The van der Waals surface area contributed by atoms with Gasteiger partial charge < -0.3 is 10.5 Å². The van der Waals surface area contributed by atoms with Gasteiger partial charge in [0.25, 0.3) is 0 Å². The second kappa shape index (κ2) is 5.68. The van der Waals surface area contributed by atoms with E-state index in [2.05, 4.69) is 0 Å². The summed E-state index contributed by atoms with van der Waals surface area (Å²) in [6, 6.07) is 5.56. The van der Waals surface area contributed by atoms with Crippen LogP contribution < -0.4 is 10.5 Å². The van der Waals surface area contributed by atoms with Crippen LogP contribution >= 0.6 is 11.6 Å². The maximum absolute atomic E-state index is 5.99. The number of methoxy groups -OCH3 is 1. The maximum atomic E-state index is 5.99. The molecular weight excluding hydrogens is 198 g/mol. The molecule has 0 saturated carbocycles. The average molecular weight is 212 g/mol. The molecule has 0 aliphatic carbocycles. The number of benzene rings is 1. The van der Waals surface area contributed by atoms with Gasteiger partial charge in [-0.25, -0.2) is 0 Å². The Kier molecular flexibility index (Phi) is 4.50. The highest BCUT2D eigenvalue weighted by Gasteiger charge is 1.98. The van der Waals surface area contributed by atoms with Gasteiger partial charge in [-0.15, -0.1) is 0 Å². The lowest BCUT2D eigenvalue weighted by atomic mass is 10.2. The number of rotatable bonds is 4. The van der Waals surface area contributed by atoms with Crippen molar-refractivity contribution in [2.75, 3.05) is 13.7 Å². The van der Waals surface area contributed by atoms with Gasteiger partial charge in [0.05, 0.1) is 7.11 Å². The molecule has 0 bridgehead atoms. The van der Waals surface area contributed by atoms with E-state index in [1.807, 2.05) is 30.4 Å². The highest BCUT2D eigenvalue weighted by Crippen LogP contribution is 2.23. The molecule has 2 nitrogen and oxygen atoms in total. The molecule has 2 N–H and O–H groups in total. The molecule has 1 aromatic carbocycles. The van der Waals surface area contributed by atoms with Crippen LogP contribution in [0.2, 0.25) is 5.02 Å². The van der Waals surface area contributed by atoms with Crippen molar-refractivity contribution >= 4 is 17.7 Å². The van der Waals surface area contributed by atoms with E-state index in [0.29, 0.717) is 6.54 Å². The van der Waals surface area contributed by atoms with Gasteiger partial charge in [-0.3, -0.25) is 0 Å². The second-order valence-electron chi connectivity index (χ2n) is 2.87. The molecule has 1 rings (SSSR count). The van der Waals surface area contributed by atoms with Crippen LogP contribution in [0.4, 0.5) is 0 Å². The van der Waals surface area contributed by atoms with E-state index in [4.69, 9.17) is 22.1 Å². The van der Waals surface area contributed by atoms with E-state index >= 15 is 0 Å². The lowest BCUT2D eigenvalue weighted by Crippen LogP contribution is -1.95. The van der Waals surface area contributed by atoms with E-state index in [9.17, 15) is 0 Å². The second-order valence-corrected chi connectivity index (χ2v) is 3.27. The molecule has 76 valence electrons. The summed E-state index contributed by atoms with van der Waals surface area (Å²) in [5, 5.41) is 0.721. The van der Waals surface area contributed by atoms with Crippen LogP contribution in [-0.4, -0.2) is 13.7 Å². The van der Waals surface area contributed by atoms with Crippen molar-refractivity contribution in [1.29, 1.82) is 0 Å². The summed E-state index contributed by atoms with van der Waals surface area (Å²) in [6.45, 7) is 0.651. The maximum Gasteiger partial charge on any atom is 0.119 e.